The van der Waals surface area contributed by atoms with Gasteiger partial charge < -0.3 is 14.7 Å². The molecule has 4 rings (SSSR count). The van der Waals surface area contributed by atoms with Gasteiger partial charge in [-0.3, -0.25) is 4.98 Å². The van der Waals surface area contributed by atoms with Gasteiger partial charge in [-0.15, -0.1) is 0 Å². The number of carbonyl (C=O) groups is 1. The number of hydrogen-bond donors (Lipinski definition) is 1. The number of aliphatic hydroxyl groups is 1. The van der Waals surface area contributed by atoms with Crippen LogP contribution in [0.25, 0.3) is 10.8 Å². The van der Waals surface area contributed by atoms with E-state index in [1.165, 1.54) is 0 Å². The van der Waals surface area contributed by atoms with Crippen molar-refractivity contribution in [3.05, 3.63) is 42.2 Å². The molecule has 26 heavy (non-hydrogen) atoms. The molecule has 3 heterocycles. The summed E-state index contributed by atoms with van der Waals surface area (Å²) in [5.41, 5.74) is -0.788. The molecule has 0 radical (unpaired) electrons. The van der Waals surface area contributed by atoms with Gasteiger partial charge in [0.2, 0.25) is 0 Å². The van der Waals surface area contributed by atoms with Crippen molar-refractivity contribution in [3.8, 4) is 0 Å². The molecule has 1 aromatic heterocycles. The van der Waals surface area contributed by atoms with Crippen molar-refractivity contribution >= 4 is 16.9 Å². The zero-order valence-corrected chi connectivity index (χ0v) is 15.6. The highest BCUT2D eigenvalue weighted by Gasteiger charge is 2.52. The summed E-state index contributed by atoms with van der Waals surface area (Å²) in [5, 5.41) is 13.6. The summed E-state index contributed by atoms with van der Waals surface area (Å²) in [6.45, 7) is 5.65. The zero-order chi connectivity index (χ0) is 18.5. The van der Waals surface area contributed by atoms with Crippen molar-refractivity contribution in [2.45, 2.75) is 69.7 Å². The molecule has 0 saturated carbocycles. The molecule has 2 fully saturated rings. The van der Waals surface area contributed by atoms with Gasteiger partial charge in [0.15, 0.2) is 0 Å². The van der Waals surface area contributed by atoms with Crippen molar-refractivity contribution in [1.29, 1.82) is 0 Å². The number of fused-ring (bicyclic) bond motifs is 3. The lowest BCUT2D eigenvalue weighted by Crippen LogP contribution is -2.53. The molecule has 2 aliphatic rings. The SMILES string of the molecule is CC(C)(C)OC(=O)N1C2CCC1CC(O)(c1nccc3ccccc13)C2. The topological polar surface area (TPSA) is 62.7 Å². The van der Waals surface area contributed by atoms with E-state index in [4.69, 9.17) is 4.74 Å². The molecule has 2 aromatic rings. The molecular weight excluding hydrogens is 328 g/mol. The lowest BCUT2D eigenvalue weighted by molar-refractivity contribution is -0.0638. The maximum atomic E-state index is 12.6. The molecule has 2 aliphatic heterocycles. The van der Waals surface area contributed by atoms with E-state index in [-0.39, 0.29) is 18.2 Å². The van der Waals surface area contributed by atoms with Crippen LogP contribution in [0.4, 0.5) is 4.79 Å². The number of nitrogens with zero attached hydrogens (tertiary/aromatic N) is 2. The predicted molar refractivity (Wildman–Crippen MR) is 99.8 cm³/mol. The number of pyridine rings is 1. The highest BCUT2D eigenvalue weighted by Crippen LogP contribution is 2.47. The average molecular weight is 354 g/mol. The quantitative estimate of drug-likeness (QED) is 0.841. The highest BCUT2D eigenvalue weighted by atomic mass is 16.6. The molecule has 1 N–H and O–H groups in total. The van der Waals surface area contributed by atoms with Crippen LogP contribution in [0.15, 0.2) is 36.5 Å². The average Bonchev–Trinajstić information content (AvgIpc) is 2.85. The largest absolute Gasteiger partial charge is 0.444 e. The molecule has 2 atom stereocenters. The van der Waals surface area contributed by atoms with E-state index in [0.29, 0.717) is 12.8 Å². The second-order valence-electron chi connectivity index (χ2n) is 8.59. The maximum absolute atomic E-state index is 12.6. The number of aromatic nitrogens is 1. The minimum absolute atomic E-state index is 0.00521. The molecule has 0 aliphatic carbocycles. The number of benzene rings is 1. The van der Waals surface area contributed by atoms with Crippen molar-refractivity contribution in [2.24, 2.45) is 0 Å². The second-order valence-corrected chi connectivity index (χ2v) is 8.59. The van der Waals surface area contributed by atoms with Gasteiger partial charge in [-0.2, -0.15) is 0 Å². The van der Waals surface area contributed by atoms with Crippen molar-refractivity contribution in [1.82, 2.24) is 9.88 Å². The lowest BCUT2D eigenvalue weighted by Gasteiger charge is -2.43. The third kappa shape index (κ3) is 2.94. The number of rotatable bonds is 1. The fraction of sp³-hybridized carbons (Fsp3) is 0.524. The fourth-order valence-electron chi connectivity index (χ4n) is 4.52. The first kappa shape index (κ1) is 17.3. The van der Waals surface area contributed by atoms with Crippen LogP contribution < -0.4 is 0 Å². The van der Waals surface area contributed by atoms with Crippen LogP contribution in [0.3, 0.4) is 0 Å². The Morgan fingerprint density at radius 3 is 2.50 bits per heavy atom. The van der Waals surface area contributed by atoms with Crippen LogP contribution in [-0.4, -0.2) is 38.8 Å². The van der Waals surface area contributed by atoms with Gasteiger partial charge in [0.25, 0.3) is 0 Å². The molecule has 2 unspecified atom stereocenters. The van der Waals surface area contributed by atoms with Crippen LogP contribution in [0.1, 0.15) is 52.1 Å². The molecule has 5 heteroatoms. The van der Waals surface area contributed by atoms with Gasteiger partial charge in [-0.25, -0.2) is 4.79 Å². The fourth-order valence-corrected chi connectivity index (χ4v) is 4.52. The standard InChI is InChI=1S/C21H26N2O3/c1-20(2,3)26-19(24)23-15-8-9-16(23)13-21(25,12-15)18-17-7-5-4-6-14(17)10-11-22-18/h4-7,10-11,15-16,25H,8-9,12-13H2,1-3H3. The van der Waals surface area contributed by atoms with Crippen molar-refractivity contribution in [2.75, 3.05) is 0 Å². The Morgan fingerprint density at radius 1 is 1.19 bits per heavy atom. The first-order valence-corrected chi connectivity index (χ1v) is 9.35. The van der Waals surface area contributed by atoms with Crippen LogP contribution >= 0.6 is 0 Å². The molecule has 138 valence electrons. The Kier molecular flexibility index (Phi) is 3.95. The molecule has 0 spiro atoms. The minimum atomic E-state index is -1.01. The summed E-state index contributed by atoms with van der Waals surface area (Å²) in [6.07, 6.45) is 4.30. The van der Waals surface area contributed by atoms with Gasteiger partial charge in [0.05, 0.1) is 5.69 Å². The lowest BCUT2D eigenvalue weighted by atomic mass is 9.81. The summed E-state index contributed by atoms with van der Waals surface area (Å²) < 4.78 is 5.59. The monoisotopic (exact) mass is 354 g/mol. The smallest absolute Gasteiger partial charge is 0.410 e. The van der Waals surface area contributed by atoms with E-state index < -0.39 is 11.2 Å². The number of amides is 1. The summed E-state index contributed by atoms with van der Waals surface area (Å²) in [6, 6.07) is 9.97. The minimum Gasteiger partial charge on any atom is -0.444 e. The van der Waals surface area contributed by atoms with E-state index in [1.807, 2.05) is 56.0 Å². The summed E-state index contributed by atoms with van der Waals surface area (Å²) in [7, 11) is 0. The molecular formula is C21H26N2O3. The normalized spacial score (nSPS) is 28.4. The third-order valence-electron chi connectivity index (χ3n) is 5.49. The second kappa shape index (κ2) is 5.95. The number of hydrogen-bond acceptors (Lipinski definition) is 4. The van der Waals surface area contributed by atoms with Gasteiger partial charge >= 0.3 is 6.09 Å². The Bertz CT molecular complexity index is 823. The van der Waals surface area contributed by atoms with Gasteiger partial charge in [-0.05, 0) is 45.1 Å². The highest BCUT2D eigenvalue weighted by molar-refractivity contribution is 5.85. The van der Waals surface area contributed by atoms with Gasteiger partial charge in [0, 0.05) is 36.5 Å². The number of ether oxygens (including phenoxy) is 1. The number of piperidine rings is 1. The Labute approximate surface area is 154 Å². The van der Waals surface area contributed by atoms with E-state index in [9.17, 15) is 9.90 Å². The number of carbonyl (C=O) groups excluding carboxylic acids is 1. The molecule has 1 amide bonds. The van der Waals surface area contributed by atoms with Crippen molar-refractivity contribution in [3.63, 3.8) is 0 Å². The predicted octanol–water partition coefficient (Wildman–Crippen LogP) is 3.98. The Hall–Kier alpha value is -2.14. The van der Waals surface area contributed by atoms with Crippen LogP contribution in [0.5, 0.6) is 0 Å². The van der Waals surface area contributed by atoms with Gasteiger partial charge in [-0.1, -0.05) is 24.3 Å². The van der Waals surface area contributed by atoms with Crippen LogP contribution in [0, 0.1) is 0 Å². The van der Waals surface area contributed by atoms with Crippen LogP contribution in [-0.2, 0) is 10.3 Å². The molecule has 5 nitrogen and oxygen atoms in total. The Balaban J connectivity index is 1.65. The third-order valence-corrected chi connectivity index (χ3v) is 5.49. The molecule has 1 aromatic carbocycles. The van der Waals surface area contributed by atoms with E-state index >= 15 is 0 Å². The van der Waals surface area contributed by atoms with Crippen molar-refractivity contribution < 1.29 is 14.6 Å². The maximum Gasteiger partial charge on any atom is 0.410 e. The summed E-state index contributed by atoms with van der Waals surface area (Å²) >= 11 is 0. The van der Waals surface area contributed by atoms with Crippen LogP contribution in [0.2, 0.25) is 0 Å². The molecule has 2 bridgehead atoms. The van der Waals surface area contributed by atoms with E-state index in [2.05, 4.69) is 4.98 Å². The zero-order valence-electron chi connectivity index (χ0n) is 15.6. The van der Waals surface area contributed by atoms with E-state index in [1.54, 1.807) is 6.20 Å². The summed E-state index contributed by atoms with van der Waals surface area (Å²) in [4.78, 5) is 19.0. The molecule has 2 saturated heterocycles. The first-order chi connectivity index (χ1) is 12.3. The van der Waals surface area contributed by atoms with E-state index in [0.717, 1.165) is 29.3 Å². The summed E-state index contributed by atoms with van der Waals surface area (Å²) in [5.74, 6) is 0. The Morgan fingerprint density at radius 2 is 1.85 bits per heavy atom. The van der Waals surface area contributed by atoms with Gasteiger partial charge in [0.1, 0.15) is 11.2 Å². The first-order valence-electron chi connectivity index (χ1n) is 9.35.